The van der Waals surface area contributed by atoms with E-state index in [9.17, 15) is 18.5 Å². The molecule has 0 radical (unpaired) electrons. The van der Waals surface area contributed by atoms with E-state index >= 15 is 0 Å². The SMILES string of the molecule is COc1ccc(NS(=O)(=O)c2c[nH]c3ccc([N+](=O)[O-])cc23)cc1. The number of non-ortho nitro benzene ring substituents is 1. The number of hydrogen-bond donors (Lipinski definition) is 2. The number of methoxy groups -OCH3 is 1. The van der Waals surface area contributed by atoms with E-state index < -0.39 is 14.9 Å². The molecule has 124 valence electrons. The minimum atomic E-state index is -3.90. The number of H-pyrrole nitrogens is 1. The van der Waals surface area contributed by atoms with Gasteiger partial charge >= 0.3 is 0 Å². The summed E-state index contributed by atoms with van der Waals surface area (Å²) in [7, 11) is -2.39. The lowest BCUT2D eigenvalue weighted by molar-refractivity contribution is -0.384. The summed E-state index contributed by atoms with van der Waals surface area (Å²) in [6, 6.07) is 10.4. The Labute approximate surface area is 137 Å². The molecule has 9 heteroatoms. The lowest BCUT2D eigenvalue weighted by Crippen LogP contribution is -2.12. The predicted molar refractivity (Wildman–Crippen MR) is 88.8 cm³/mol. The Kier molecular flexibility index (Phi) is 3.86. The van der Waals surface area contributed by atoms with Gasteiger partial charge in [-0.05, 0) is 30.3 Å². The molecule has 3 rings (SSSR count). The number of hydrogen-bond acceptors (Lipinski definition) is 5. The fraction of sp³-hybridized carbons (Fsp3) is 0.0667. The van der Waals surface area contributed by atoms with E-state index in [-0.39, 0.29) is 16.0 Å². The highest BCUT2D eigenvalue weighted by Crippen LogP contribution is 2.28. The summed E-state index contributed by atoms with van der Waals surface area (Å²) in [6.45, 7) is 0. The molecule has 0 amide bonds. The van der Waals surface area contributed by atoms with Gasteiger partial charge in [-0.2, -0.15) is 0 Å². The normalized spacial score (nSPS) is 11.4. The molecule has 0 saturated carbocycles. The monoisotopic (exact) mass is 347 g/mol. The van der Waals surface area contributed by atoms with Gasteiger partial charge in [0.15, 0.2) is 0 Å². The molecule has 0 bridgehead atoms. The molecular weight excluding hydrogens is 334 g/mol. The Bertz CT molecular complexity index is 1010. The number of nitrogens with zero attached hydrogens (tertiary/aromatic N) is 1. The molecule has 0 aliphatic carbocycles. The Morgan fingerprint density at radius 1 is 1.17 bits per heavy atom. The maximum Gasteiger partial charge on any atom is 0.270 e. The van der Waals surface area contributed by atoms with Gasteiger partial charge < -0.3 is 9.72 Å². The van der Waals surface area contributed by atoms with Crippen LogP contribution in [0.15, 0.2) is 53.6 Å². The first-order valence-corrected chi connectivity index (χ1v) is 8.31. The Morgan fingerprint density at radius 2 is 1.88 bits per heavy atom. The van der Waals surface area contributed by atoms with E-state index in [1.165, 1.54) is 31.5 Å². The Hall–Kier alpha value is -3.07. The van der Waals surface area contributed by atoms with Gasteiger partial charge in [0.05, 0.1) is 12.0 Å². The highest BCUT2D eigenvalue weighted by molar-refractivity contribution is 7.93. The van der Waals surface area contributed by atoms with Crippen molar-refractivity contribution in [1.82, 2.24) is 4.98 Å². The third kappa shape index (κ3) is 2.88. The van der Waals surface area contributed by atoms with Crippen molar-refractivity contribution in [3.05, 3.63) is 58.8 Å². The van der Waals surface area contributed by atoms with Gasteiger partial charge in [0.2, 0.25) is 0 Å². The molecule has 0 saturated heterocycles. The summed E-state index contributed by atoms with van der Waals surface area (Å²) >= 11 is 0. The van der Waals surface area contributed by atoms with E-state index in [2.05, 4.69) is 9.71 Å². The zero-order chi connectivity index (χ0) is 17.3. The number of anilines is 1. The average molecular weight is 347 g/mol. The minimum absolute atomic E-state index is 0.0583. The zero-order valence-electron chi connectivity index (χ0n) is 12.5. The Morgan fingerprint density at radius 3 is 2.50 bits per heavy atom. The van der Waals surface area contributed by atoms with Gasteiger partial charge in [0.25, 0.3) is 15.7 Å². The maximum absolute atomic E-state index is 12.6. The van der Waals surface area contributed by atoms with Crippen LogP contribution < -0.4 is 9.46 Å². The summed E-state index contributed by atoms with van der Waals surface area (Å²) in [6.07, 6.45) is 1.31. The maximum atomic E-state index is 12.6. The van der Waals surface area contributed by atoms with Crippen molar-refractivity contribution in [2.75, 3.05) is 11.8 Å². The van der Waals surface area contributed by atoms with Crippen LogP contribution in [0.1, 0.15) is 0 Å². The number of aromatic amines is 1. The first-order chi connectivity index (χ1) is 11.4. The van der Waals surface area contributed by atoms with Crippen LogP contribution in [0.3, 0.4) is 0 Å². The molecular formula is C15H13N3O5S. The Balaban J connectivity index is 2.00. The fourth-order valence-corrected chi connectivity index (χ4v) is 3.52. The smallest absolute Gasteiger partial charge is 0.270 e. The molecule has 3 aromatic rings. The third-order valence-corrected chi connectivity index (χ3v) is 4.89. The number of rotatable bonds is 5. The van der Waals surface area contributed by atoms with Crippen LogP contribution in [0.5, 0.6) is 5.75 Å². The van der Waals surface area contributed by atoms with E-state index in [1.54, 1.807) is 24.3 Å². The fourth-order valence-electron chi connectivity index (χ4n) is 2.29. The second-order valence-electron chi connectivity index (χ2n) is 4.97. The van der Waals surface area contributed by atoms with Crippen LogP contribution in [0, 0.1) is 10.1 Å². The quantitative estimate of drug-likeness (QED) is 0.544. The van der Waals surface area contributed by atoms with Gasteiger partial charge in [-0.3, -0.25) is 14.8 Å². The number of nitro benzene ring substituents is 1. The molecule has 24 heavy (non-hydrogen) atoms. The van der Waals surface area contributed by atoms with Crippen molar-refractivity contribution in [2.24, 2.45) is 0 Å². The largest absolute Gasteiger partial charge is 0.497 e. The molecule has 0 fully saturated rings. The molecule has 1 heterocycles. The van der Waals surface area contributed by atoms with Crippen LogP contribution in [0.25, 0.3) is 10.9 Å². The number of benzene rings is 2. The summed E-state index contributed by atoms with van der Waals surface area (Å²) in [5.41, 5.74) is 0.675. The van der Waals surface area contributed by atoms with E-state index in [0.29, 0.717) is 17.0 Å². The molecule has 0 unspecified atom stereocenters. The number of sulfonamides is 1. The lowest BCUT2D eigenvalue weighted by Gasteiger charge is -2.08. The first kappa shape index (κ1) is 15.8. The molecule has 0 spiro atoms. The van der Waals surface area contributed by atoms with Crippen molar-refractivity contribution < 1.29 is 18.1 Å². The van der Waals surface area contributed by atoms with Crippen molar-refractivity contribution in [3.8, 4) is 5.75 Å². The lowest BCUT2D eigenvalue weighted by atomic mass is 10.2. The van der Waals surface area contributed by atoms with Crippen LogP contribution >= 0.6 is 0 Å². The van der Waals surface area contributed by atoms with Crippen LogP contribution in [-0.4, -0.2) is 25.4 Å². The molecule has 0 aliphatic heterocycles. The van der Waals surface area contributed by atoms with Crippen LogP contribution in [0.4, 0.5) is 11.4 Å². The number of nitrogens with one attached hydrogen (secondary N) is 2. The zero-order valence-corrected chi connectivity index (χ0v) is 13.3. The summed E-state index contributed by atoms with van der Waals surface area (Å²) in [5, 5.41) is 11.2. The van der Waals surface area contributed by atoms with Crippen LogP contribution in [0.2, 0.25) is 0 Å². The average Bonchev–Trinajstić information content (AvgIpc) is 2.99. The van der Waals surface area contributed by atoms with Gasteiger partial charge in [-0.15, -0.1) is 0 Å². The number of fused-ring (bicyclic) bond motifs is 1. The molecule has 0 atom stereocenters. The molecule has 0 aliphatic rings. The van der Waals surface area contributed by atoms with Gasteiger partial charge in [-0.1, -0.05) is 0 Å². The molecule has 2 aromatic carbocycles. The van der Waals surface area contributed by atoms with Crippen molar-refractivity contribution in [3.63, 3.8) is 0 Å². The minimum Gasteiger partial charge on any atom is -0.497 e. The number of nitro groups is 1. The van der Waals surface area contributed by atoms with Crippen molar-refractivity contribution in [1.29, 1.82) is 0 Å². The third-order valence-electron chi connectivity index (χ3n) is 3.47. The second-order valence-corrected chi connectivity index (χ2v) is 6.62. The first-order valence-electron chi connectivity index (χ1n) is 6.83. The van der Waals surface area contributed by atoms with E-state index in [4.69, 9.17) is 4.74 Å². The van der Waals surface area contributed by atoms with E-state index in [0.717, 1.165) is 0 Å². The van der Waals surface area contributed by atoms with E-state index in [1.807, 2.05) is 0 Å². The molecule has 2 N–H and O–H groups in total. The summed E-state index contributed by atoms with van der Waals surface area (Å²) in [5.74, 6) is 0.598. The number of ether oxygens (including phenoxy) is 1. The number of aromatic nitrogens is 1. The predicted octanol–water partition coefficient (Wildman–Crippen LogP) is 2.89. The van der Waals surface area contributed by atoms with Gasteiger partial charge in [0, 0.05) is 34.9 Å². The van der Waals surface area contributed by atoms with Gasteiger partial charge in [-0.25, -0.2) is 8.42 Å². The van der Waals surface area contributed by atoms with Crippen molar-refractivity contribution >= 4 is 32.3 Å². The van der Waals surface area contributed by atoms with Crippen molar-refractivity contribution in [2.45, 2.75) is 4.90 Å². The topological polar surface area (TPSA) is 114 Å². The molecule has 1 aromatic heterocycles. The highest BCUT2D eigenvalue weighted by atomic mass is 32.2. The summed E-state index contributed by atoms with van der Waals surface area (Å²) < 4.78 is 32.6. The highest BCUT2D eigenvalue weighted by Gasteiger charge is 2.21. The standard InChI is InChI=1S/C15H13N3O5S/c1-23-12-5-2-10(3-6-12)17-24(21,22)15-9-16-14-7-4-11(18(19)20)8-13(14)15/h2-9,16-17H,1H3. The second kappa shape index (κ2) is 5.85. The molecule has 8 nitrogen and oxygen atoms in total. The summed E-state index contributed by atoms with van der Waals surface area (Å²) in [4.78, 5) is 13.1. The van der Waals surface area contributed by atoms with Gasteiger partial charge in [0.1, 0.15) is 10.6 Å². The van der Waals surface area contributed by atoms with Crippen LogP contribution in [-0.2, 0) is 10.0 Å².